The third-order valence-corrected chi connectivity index (χ3v) is 3.52. The normalized spacial score (nSPS) is 28.3. The van der Waals surface area contributed by atoms with Crippen LogP contribution in [0.4, 0.5) is 8.78 Å². The molecule has 0 amide bonds. The molecule has 0 bridgehead atoms. The Morgan fingerprint density at radius 2 is 2.22 bits per heavy atom. The van der Waals surface area contributed by atoms with Gasteiger partial charge in [0.25, 0.3) is 0 Å². The predicted octanol–water partition coefficient (Wildman–Crippen LogP) is 3.34. The van der Waals surface area contributed by atoms with Crippen molar-refractivity contribution in [3.8, 4) is 0 Å². The SMILES string of the molecule is CCCC1CCC(O)(c2cccc(F)c2F)OC1. The van der Waals surface area contributed by atoms with E-state index in [1.165, 1.54) is 12.1 Å². The molecule has 1 N–H and O–H groups in total. The summed E-state index contributed by atoms with van der Waals surface area (Å²) in [5.74, 6) is -3.27. The predicted molar refractivity (Wildman–Crippen MR) is 63.8 cm³/mol. The van der Waals surface area contributed by atoms with Crippen LogP contribution in [0.1, 0.15) is 38.2 Å². The quantitative estimate of drug-likeness (QED) is 0.898. The average molecular weight is 256 g/mol. The lowest BCUT2D eigenvalue weighted by Crippen LogP contribution is -2.37. The Hall–Kier alpha value is -1.00. The molecule has 1 aromatic carbocycles. The van der Waals surface area contributed by atoms with E-state index in [1.54, 1.807) is 0 Å². The molecule has 4 heteroatoms. The fraction of sp³-hybridized carbons (Fsp3) is 0.571. The van der Waals surface area contributed by atoms with Crippen LogP contribution in [0.25, 0.3) is 0 Å². The van der Waals surface area contributed by atoms with Crippen molar-refractivity contribution in [2.75, 3.05) is 6.61 Å². The van der Waals surface area contributed by atoms with Crippen LogP contribution in [0.2, 0.25) is 0 Å². The van der Waals surface area contributed by atoms with Gasteiger partial charge in [-0.15, -0.1) is 0 Å². The van der Waals surface area contributed by atoms with Crippen molar-refractivity contribution in [2.24, 2.45) is 5.92 Å². The molecule has 2 atom stereocenters. The fourth-order valence-electron chi connectivity index (χ4n) is 2.46. The largest absolute Gasteiger partial charge is 0.362 e. The van der Waals surface area contributed by atoms with E-state index in [-0.39, 0.29) is 5.56 Å². The summed E-state index contributed by atoms with van der Waals surface area (Å²) in [6, 6.07) is 3.79. The lowest BCUT2D eigenvalue weighted by molar-refractivity contribution is -0.247. The Labute approximate surface area is 106 Å². The summed E-state index contributed by atoms with van der Waals surface area (Å²) in [5.41, 5.74) is -0.0996. The van der Waals surface area contributed by atoms with Gasteiger partial charge in [-0.1, -0.05) is 25.5 Å². The zero-order valence-corrected chi connectivity index (χ0v) is 10.5. The Bertz CT molecular complexity index is 412. The van der Waals surface area contributed by atoms with E-state index in [9.17, 15) is 13.9 Å². The minimum Gasteiger partial charge on any atom is -0.362 e. The van der Waals surface area contributed by atoms with Crippen LogP contribution in [0.15, 0.2) is 18.2 Å². The molecule has 1 fully saturated rings. The maximum atomic E-state index is 13.7. The Kier molecular flexibility index (Phi) is 3.97. The van der Waals surface area contributed by atoms with E-state index in [1.807, 2.05) is 0 Å². The average Bonchev–Trinajstić information content (AvgIpc) is 2.36. The van der Waals surface area contributed by atoms with Crippen molar-refractivity contribution < 1.29 is 18.6 Å². The lowest BCUT2D eigenvalue weighted by Gasteiger charge is -2.36. The second-order valence-corrected chi connectivity index (χ2v) is 4.89. The molecule has 0 radical (unpaired) electrons. The number of hydrogen-bond donors (Lipinski definition) is 1. The first kappa shape index (κ1) is 13.4. The Morgan fingerprint density at radius 3 is 2.83 bits per heavy atom. The molecule has 2 unspecified atom stereocenters. The zero-order valence-electron chi connectivity index (χ0n) is 10.5. The highest BCUT2D eigenvalue weighted by molar-refractivity contribution is 5.23. The monoisotopic (exact) mass is 256 g/mol. The first-order valence-electron chi connectivity index (χ1n) is 6.37. The first-order chi connectivity index (χ1) is 8.57. The van der Waals surface area contributed by atoms with Gasteiger partial charge in [-0.25, -0.2) is 8.78 Å². The summed E-state index contributed by atoms with van der Waals surface area (Å²) in [7, 11) is 0. The van der Waals surface area contributed by atoms with Crippen LogP contribution < -0.4 is 0 Å². The lowest BCUT2D eigenvalue weighted by atomic mass is 9.89. The summed E-state index contributed by atoms with van der Waals surface area (Å²) in [4.78, 5) is 0. The third-order valence-electron chi connectivity index (χ3n) is 3.52. The van der Waals surface area contributed by atoms with Crippen molar-refractivity contribution in [3.63, 3.8) is 0 Å². The maximum Gasteiger partial charge on any atom is 0.195 e. The molecule has 0 aliphatic carbocycles. The van der Waals surface area contributed by atoms with E-state index in [0.717, 1.165) is 25.3 Å². The highest BCUT2D eigenvalue weighted by Crippen LogP contribution is 2.37. The summed E-state index contributed by atoms with van der Waals surface area (Å²) in [6.07, 6.45) is 3.15. The van der Waals surface area contributed by atoms with Crippen molar-refractivity contribution in [2.45, 2.75) is 38.4 Å². The van der Waals surface area contributed by atoms with Crippen molar-refractivity contribution in [1.82, 2.24) is 0 Å². The third kappa shape index (κ3) is 2.54. The highest BCUT2D eigenvalue weighted by Gasteiger charge is 2.38. The number of ether oxygens (including phenoxy) is 1. The summed E-state index contributed by atoms with van der Waals surface area (Å²) >= 11 is 0. The van der Waals surface area contributed by atoms with E-state index in [2.05, 4.69) is 6.92 Å². The minimum absolute atomic E-state index is 0.0996. The number of benzene rings is 1. The fourth-order valence-corrected chi connectivity index (χ4v) is 2.46. The summed E-state index contributed by atoms with van der Waals surface area (Å²) < 4.78 is 32.2. The molecule has 1 saturated heterocycles. The van der Waals surface area contributed by atoms with Gasteiger partial charge in [0.15, 0.2) is 17.4 Å². The highest BCUT2D eigenvalue weighted by atomic mass is 19.2. The summed E-state index contributed by atoms with van der Waals surface area (Å²) in [6.45, 7) is 2.48. The smallest absolute Gasteiger partial charge is 0.195 e. The number of hydrogen-bond acceptors (Lipinski definition) is 2. The molecule has 18 heavy (non-hydrogen) atoms. The maximum absolute atomic E-state index is 13.7. The molecule has 0 aromatic heterocycles. The first-order valence-corrected chi connectivity index (χ1v) is 6.37. The van der Waals surface area contributed by atoms with E-state index in [4.69, 9.17) is 4.74 Å². The molecule has 1 heterocycles. The number of rotatable bonds is 3. The van der Waals surface area contributed by atoms with Gasteiger partial charge in [-0.3, -0.25) is 0 Å². The molecule has 1 aromatic rings. The number of aliphatic hydroxyl groups is 1. The van der Waals surface area contributed by atoms with Crippen LogP contribution in [-0.2, 0) is 10.5 Å². The molecule has 100 valence electrons. The van der Waals surface area contributed by atoms with Crippen LogP contribution in [0.5, 0.6) is 0 Å². The van der Waals surface area contributed by atoms with Crippen molar-refractivity contribution in [1.29, 1.82) is 0 Å². The van der Waals surface area contributed by atoms with Crippen molar-refractivity contribution >= 4 is 0 Å². The molecule has 2 rings (SSSR count). The molecule has 1 aliphatic heterocycles. The molecule has 0 spiro atoms. The minimum atomic E-state index is -1.68. The zero-order chi connectivity index (χ0) is 13.2. The van der Waals surface area contributed by atoms with E-state index in [0.29, 0.717) is 18.9 Å². The second kappa shape index (κ2) is 5.33. The topological polar surface area (TPSA) is 29.5 Å². The summed E-state index contributed by atoms with van der Waals surface area (Å²) in [5, 5.41) is 10.3. The van der Waals surface area contributed by atoms with Gasteiger partial charge in [0.2, 0.25) is 0 Å². The van der Waals surface area contributed by atoms with E-state index >= 15 is 0 Å². The Morgan fingerprint density at radius 1 is 1.44 bits per heavy atom. The van der Waals surface area contributed by atoms with Gasteiger partial charge in [0.1, 0.15) is 0 Å². The van der Waals surface area contributed by atoms with Crippen LogP contribution in [0, 0.1) is 17.6 Å². The van der Waals surface area contributed by atoms with Gasteiger partial charge in [0.05, 0.1) is 6.61 Å². The molecule has 0 saturated carbocycles. The van der Waals surface area contributed by atoms with Gasteiger partial charge in [-0.2, -0.15) is 0 Å². The van der Waals surface area contributed by atoms with Gasteiger partial charge in [-0.05, 0) is 24.8 Å². The molecule has 1 aliphatic rings. The van der Waals surface area contributed by atoms with Gasteiger partial charge in [0, 0.05) is 12.0 Å². The van der Waals surface area contributed by atoms with E-state index < -0.39 is 17.4 Å². The van der Waals surface area contributed by atoms with Crippen LogP contribution in [0.3, 0.4) is 0 Å². The molecular weight excluding hydrogens is 238 g/mol. The second-order valence-electron chi connectivity index (χ2n) is 4.89. The number of halogens is 2. The van der Waals surface area contributed by atoms with Gasteiger partial charge >= 0.3 is 0 Å². The molecular formula is C14H18F2O2. The van der Waals surface area contributed by atoms with Crippen molar-refractivity contribution in [3.05, 3.63) is 35.4 Å². The van der Waals surface area contributed by atoms with Crippen LogP contribution in [-0.4, -0.2) is 11.7 Å². The standard InChI is InChI=1S/C14H18F2O2/c1-2-4-10-7-8-14(17,18-9-10)11-5-3-6-12(15)13(11)16/h3,5-6,10,17H,2,4,7-9H2,1H3. The Balaban J connectivity index is 2.16. The van der Waals surface area contributed by atoms with Crippen LogP contribution >= 0.6 is 0 Å². The van der Waals surface area contributed by atoms with Gasteiger partial charge < -0.3 is 9.84 Å². The molecule has 2 nitrogen and oxygen atoms in total.